The summed E-state index contributed by atoms with van der Waals surface area (Å²) < 4.78 is 4.65. The van der Waals surface area contributed by atoms with E-state index >= 15 is 0 Å². The van der Waals surface area contributed by atoms with Gasteiger partial charge < -0.3 is 10.5 Å². The average Bonchev–Trinajstić information content (AvgIpc) is 2.13. The van der Waals surface area contributed by atoms with Crippen molar-refractivity contribution in [2.45, 2.75) is 39.3 Å². The molecule has 84 valence electrons. The van der Waals surface area contributed by atoms with Crippen molar-refractivity contribution in [2.24, 2.45) is 5.73 Å². The molecule has 0 aliphatic rings. The summed E-state index contributed by atoms with van der Waals surface area (Å²) in [7, 11) is 1.41. The van der Waals surface area contributed by atoms with Crippen LogP contribution in [0.25, 0.3) is 0 Å². The highest BCUT2D eigenvalue weighted by molar-refractivity contribution is 5.71. The zero-order valence-corrected chi connectivity index (χ0v) is 9.62. The first kappa shape index (κ1) is 13.4. The van der Waals surface area contributed by atoms with E-state index in [4.69, 9.17) is 5.73 Å². The van der Waals surface area contributed by atoms with Gasteiger partial charge in [0.2, 0.25) is 0 Å². The minimum atomic E-state index is -0.192. The van der Waals surface area contributed by atoms with Crippen molar-refractivity contribution in [2.75, 3.05) is 20.2 Å². The number of esters is 1. The summed E-state index contributed by atoms with van der Waals surface area (Å²) in [6.45, 7) is 7.20. The van der Waals surface area contributed by atoms with Gasteiger partial charge in [0, 0.05) is 12.1 Å². The minimum absolute atomic E-state index is 0.192. The van der Waals surface area contributed by atoms with E-state index in [1.807, 2.05) is 0 Å². The van der Waals surface area contributed by atoms with Crippen molar-refractivity contribution in [1.82, 2.24) is 4.90 Å². The zero-order chi connectivity index (χ0) is 11.1. The Morgan fingerprint density at radius 1 is 1.43 bits per heavy atom. The lowest BCUT2D eigenvalue weighted by Crippen LogP contribution is -2.43. The van der Waals surface area contributed by atoms with Gasteiger partial charge in [-0.3, -0.25) is 9.69 Å². The van der Waals surface area contributed by atoms with Gasteiger partial charge in [-0.2, -0.15) is 0 Å². The van der Waals surface area contributed by atoms with Gasteiger partial charge in [0.1, 0.15) is 0 Å². The van der Waals surface area contributed by atoms with Gasteiger partial charge in [-0.1, -0.05) is 0 Å². The van der Waals surface area contributed by atoms with E-state index in [0.29, 0.717) is 25.2 Å². The van der Waals surface area contributed by atoms with Crippen molar-refractivity contribution in [3.8, 4) is 0 Å². The van der Waals surface area contributed by atoms with Crippen LogP contribution in [0.4, 0.5) is 0 Å². The summed E-state index contributed by atoms with van der Waals surface area (Å²) in [6.07, 6.45) is 0.898. The quantitative estimate of drug-likeness (QED) is 0.641. The van der Waals surface area contributed by atoms with Gasteiger partial charge in [-0.15, -0.1) is 0 Å². The molecule has 4 nitrogen and oxygen atoms in total. The third-order valence-corrected chi connectivity index (χ3v) is 2.35. The number of rotatable bonds is 6. The third kappa shape index (κ3) is 4.58. The van der Waals surface area contributed by atoms with Crippen molar-refractivity contribution in [3.05, 3.63) is 0 Å². The van der Waals surface area contributed by atoms with Gasteiger partial charge in [-0.05, 0) is 33.7 Å². The number of nitrogens with two attached hydrogens (primary N) is 1. The van der Waals surface area contributed by atoms with Crippen LogP contribution in [0.3, 0.4) is 0 Å². The SMILES string of the molecule is COC(=O)CN(C(C)C)C(C)CCN. The van der Waals surface area contributed by atoms with Crippen LogP contribution >= 0.6 is 0 Å². The lowest BCUT2D eigenvalue weighted by molar-refractivity contribution is -0.143. The molecule has 0 rings (SSSR count). The minimum Gasteiger partial charge on any atom is -0.468 e. The van der Waals surface area contributed by atoms with Crippen LogP contribution in [-0.2, 0) is 9.53 Å². The lowest BCUT2D eigenvalue weighted by Gasteiger charge is -2.31. The average molecular weight is 202 g/mol. The molecule has 0 bridgehead atoms. The number of hydrogen-bond donors (Lipinski definition) is 1. The Hall–Kier alpha value is -0.610. The van der Waals surface area contributed by atoms with Gasteiger partial charge in [-0.25, -0.2) is 0 Å². The van der Waals surface area contributed by atoms with Crippen LogP contribution in [0.5, 0.6) is 0 Å². The molecule has 0 aromatic rings. The molecule has 0 aliphatic carbocycles. The molecular formula is C10H22N2O2. The Balaban J connectivity index is 4.21. The number of methoxy groups -OCH3 is 1. The second kappa shape index (κ2) is 6.79. The molecule has 0 aliphatic heterocycles. The van der Waals surface area contributed by atoms with Crippen molar-refractivity contribution < 1.29 is 9.53 Å². The van der Waals surface area contributed by atoms with Crippen molar-refractivity contribution in [3.63, 3.8) is 0 Å². The molecule has 0 saturated heterocycles. The van der Waals surface area contributed by atoms with Crippen molar-refractivity contribution >= 4 is 5.97 Å². The Morgan fingerprint density at radius 2 is 2.00 bits per heavy atom. The third-order valence-electron chi connectivity index (χ3n) is 2.35. The first-order valence-corrected chi connectivity index (χ1v) is 5.05. The first-order chi connectivity index (χ1) is 6.52. The van der Waals surface area contributed by atoms with E-state index in [-0.39, 0.29) is 5.97 Å². The largest absolute Gasteiger partial charge is 0.468 e. The highest BCUT2D eigenvalue weighted by atomic mass is 16.5. The van der Waals surface area contributed by atoms with E-state index in [0.717, 1.165) is 6.42 Å². The molecule has 0 fully saturated rings. The van der Waals surface area contributed by atoms with Crippen LogP contribution < -0.4 is 5.73 Å². The summed E-state index contributed by atoms with van der Waals surface area (Å²) in [6, 6.07) is 0.648. The van der Waals surface area contributed by atoms with Gasteiger partial charge in [0.25, 0.3) is 0 Å². The fourth-order valence-electron chi connectivity index (χ4n) is 1.47. The van der Waals surface area contributed by atoms with Crippen LogP contribution in [0.1, 0.15) is 27.2 Å². The summed E-state index contributed by atoms with van der Waals surface area (Å²) in [5.41, 5.74) is 5.49. The highest BCUT2D eigenvalue weighted by Gasteiger charge is 2.19. The number of ether oxygens (including phenoxy) is 1. The van der Waals surface area contributed by atoms with E-state index in [1.54, 1.807) is 0 Å². The van der Waals surface area contributed by atoms with Crippen LogP contribution in [0.2, 0.25) is 0 Å². The maximum atomic E-state index is 11.1. The molecule has 0 aromatic carbocycles. The fraction of sp³-hybridized carbons (Fsp3) is 0.900. The molecule has 1 unspecified atom stereocenters. The van der Waals surface area contributed by atoms with Gasteiger partial charge in [0.15, 0.2) is 0 Å². The lowest BCUT2D eigenvalue weighted by atomic mass is 10.1. The maximum Gasteiger partial charge on any atom is 0.319 e. The molecule has 0 radical (unpaired) electrons. The summed E-state index contributed by atoms with van der Waals surface area (Å²) >= 11 is 0. The first-order valence-electron chi connectivity index (χ1n) is 5.05. The molecule has 1 atom stereocenters. The second-order valence-corrected chi connectivity index (χ2v) is 3.77. The normalized spacial score (nSPS) is 13.4. The molecule has 2 N–H and O–H groups in total. The van der Waals surface area contributed by atoms with E-state index in [9.17, 15) is 4.79 Å². The fourth-order valence-corrected chi connectivity index (χ4v) is 1.47. The van der Waals surface area contributed by atoms with Crippen LogP contribution in [-0.4, -0.2) is 43.2 Å². The predicted molar refractivity (Wildman–Crippen MR) is 57.0 cm³/mol. The van der Waals surface area contributed by atoms with Crippen LogP contribution in [0.15, 0.2) is 0 Å². The maximum absolute atomic E-state index is 11.1. The molecule has 0 saturated carbocycles. The second-order valence-electron chi connectivity index (χ2n) is 3.77. The number of nitrogens with zero attached hydrogens (tertiary/aromatic N) is 1. The summed E-state index contributed by atoms with van der Waals surface area (Å²) in [5.74, 6) is -0.192. The number of carbonyl (C=O) groups is 1. The smallest absolute Gasteiger partial charge is 0.319 e. The van der Waals surface area contributed by atoms with E-state index < -0.39 is 0 Å². The Morgan fingerprint density at radius 3 is 2.36 bits per heavy atom. The van der Waals surface area contributed by atoms with Gasteiger partial charge >= 0.3 is 5.97 Å². The molecule has 14 heavy (non-hydrogen) atoms. The zero-order valence-electron chi connectivity index (χ0n) is 9.62. The Labute approximate surface area is 86.4 Å². The van der Waals surface area contributed by atoms with Crippen molar-refractivity contribution in [1.29, 1.82) is 0 Å². The number of carbonyl (C=O) groups excluding carboxylic acids is 1. The standard InChI is InChI=1S/C10H22N2O2/c1-8(2)12(7-10(13)14-4)9(3)5-6-11/h8-9H,5-7,11H2,1-4H3. The van der Waals surface area contributed by atoms with E-state index in [2.05, 4.69) is 30.4 Å². The molecule has 0 aromatic heterocycles. The highest BCUT2D eigenvalue weighted by Crippen LogP contribution is 2.07. The Kier molecular flexibility index (Phi) is 6.49. The predicted octanol–water partition coefficient (Wildman–Crippen LogP) is 0.607. The number of hydrogen-bond acceptors (Lipinski definition) is 4. The molecule has 0 heterocycles. The van der Waals surface area contributed by atoms with E-state index in [1.165, 1.54) is 7.11 Å². The van der Waals surface area contributed by atoms with Gasteiger partial charge in [0.05, 0.1) is 13.7 Å². The summed E-state index contributed by atoms with van der Waals surface area (Å²) in [5, 5.41) is 0. The molecule has 4 heteroatoms. The van der Waals surface area contributed by atoms with Crippen LogP contribution in [0, 0.1) is 0 Å². The molecular weight excluding hydrogens is 180 g/mol. The monoisotopic (exact) mass is 202 g/mol. The molecule has 0 amide bonds. The topological polar surface area (TPSA) is 55.6 Å². The summed E-state index contributed by atoms with van der Waals surface area (Å²) in [4.78, 5) is 13.2. The molecule has 0 spiro atoms. The Bertz CT molecular complexity index is 172.